The van der Waals surface area contributed by atoms with Crippen LogP contribution in [0, 0.1) is 5.92 Å². The van der Waals surface area contributed by atoms with Crippen molar-refractivity contribution in [3.05, 3.63) is 0 Å². The molecular weight excluding hydrogens is 138 g/mol. The van der Waals surface area contributed by atoms with Crippen molar-refractivity contribution in [2.45, 2.75) is 20.3 Å². The average molecular weight is 157 g/mol. The van der Waals surface area contributed by atoms with Crippen molar-refractivity contribution in [2.24, 2.45) is 10.9 Å². The minimum atomic E-state index is 0.743. The SMILES string of the molecule is CNN(C)/C=N\CCC(C)C. The quantitative estimate of drug-likeness (QED) is 0.368. The van der Waals surface area contributed by atoms with Crippen molar-refractivity contribution in [3.8, 4) is 0 Å². The minimum absolute atomic E-state index is 0.743. The molecule has 0 radical (unpaired) electrons. The van der Waals surface area contributed by atoms with Crippen LogP contribution in [0.25, 0.3) is 0 Å². The molecule has 0 bridgehead atoms. The third kappa shape index (κ3) is 7.33. The van der Waals surface area contributed by atoms with Crippen LogP contribution in [0.2, 0.25) is 0 Å². The molecule has 0 rings (SSSR count). The lowest BCUT2D eigenvalue weighted by Gasteiger charge is -2.09. The zero-order valence-corrected chi connectivity index (χ0v) is 7.96. The summed E-state index contributed by atoms with van der Waals surface area (Å²) in [6.07, 6.45) is 2.97. The van der Waals surface area contributed by atoms with Gasteiger partial charge in [0.2, 0.25) is 0 Å². The van der Waals surface area contributed by atoms with E-state index in [1.807, 2.05) is 25.4 Å². The Hall–Kier alpha value is -0.570. The Bertz CT molecular complexity index is 110. The molecule has 66 valence electrons. The van der Waals surface area contributed by atoms with E-state index >= 15 is 0 Å². The lowest BCUT2D eigenvalue weighted by Crippen LogP contribution is -2.29. The topological polar surface area (TPSA) is 27.6 Å². The summed E-state index contributed by atoms with van der Waals surface area (Å²) in [7, 11) is 3.80. The minimum Gasteiger partial charge on any atom is -0.302 e. The second-order valence-electron chi connectivity index (χ2n) is 3.04. The van der Waals surface area contributed by atoms with Crippen molar-refractivity contribution in [1.82, 2.24) is 10.4 Å². The van der Waals surface area contributed by atoms with Crippen molar-refractivity contribution >= 4 is 6.34 Å². The van der Waals surface area contributed by atoms with E-state index in [4.69, 9.17) is 0 Å². The molecule has 0 unspecified atom stereocenters. The van der Waals surface area contributed by atoms with Crippen LogP contribution in [0.4, 0.5) is 0 Å². The lowest BCUT2D eigenvalue weighted by atomic mass is 10.1. The summed E-state index contributed by atoms with van der Waals surface area (Å²) in [6, 6.07) is 0. The summed E-state index contributed by atoms with van der Waals surface area (Å²) >= 11 is 0. The molecule has 1 N–H and O–H groups in total. The molecule has 0 atom stereocenters. The zero-order chi connectivity index (χ0) is 8.69. The summed E-state index contributed by atoms with van der Waals surface area (Å²) in [4.78, 5) is 4.22. The largest absolute Gasteiger partial charge is 0.302 e. The number of hydrogen-bond acceptors (Lipinski definition) is 2. The first-order valence-electron chi connectivity index (χ1n) is 4.07. The number of rotatable bonds is 5. The van der Waals surface area contributed by atoms with Gasteiger partial charge in [-0.05, 0) is 12.3 Å². The van der Waals surface area contributed by atoms with Gasteiger partial charge in [0.1, 0.15) is 0 Å². The predicted molar refractivity (Wildman–Crippen MR) is 49.6 cm³/mol. The number of hydrogen-bond donors (Lipinski definition) is 1. The van der Waals surface area contributed by atoms with Gasteiger partial charge in [-0.1, -0.05) is 13.8 Å². The molecular formula is C8H19N3. The molecule has 0 aliphatic heterocycles. The number of nitrogens with one attached hydrogen (secondary N) is 1. The van der Waals surface area contributed by atoms with E-state index < -0.39 is 0 Å². The van der Waals surface area contributed by atoms with Gasteiger partial charge in [0.05, 0.1) is 6.34 Å². The first-order valence-corrected chi connectivity index (χ1v) is 4.07. The highest BCUT2D eigenvalue weighted by Crippen LogP contribution is 1.97. The Labute approximate surface area is 69.5 Å². The second-order valence-corrected chi connectivity index (χ2v) is 3.04. The van der Waals surface area contributed by atoms with Crippen molar-refractivity contribution in [2.75, 3.05) is 20.6 Å². The van der Waals surface area contributed by atoms with E-state index in [-0.39, 0.29) is 0 Å². The van der Waals surface area contributed by atoms with Crippen molar-refractivity contribution < 1.29 is 0 Å². The molecule has 0 fully saturated rings. The van der Waals surface area contributed by atoms with Gasteiger partial charge in [-0.15, -0.1) is 0 Å². The van der Waals surface area contributed by atoms with Crippen LogP contribution < -0.4 is 5.43 Å². The zero-order valence-electron chi connectivity index (χ0n) is 7.96. The maximum atomic E-state index is 4.22. The fourth-order valence-electron chi connectivity index (χ4n) is 0.571. The molecule has 11 heavy (non-hydrogen) atoms. The van der Waals surface area contributed by atoms with Gasteiger partial charge in [-0.3, -0.25) is 4.99 Å². The van der Waals surface area contributed by atoms with Crippen LogP contribution in [-0.4, -0.2) is 32.0 Å². The van der Waals surface area contributed by atoms with Gasteiger partial charge in [-0.25, -0.2) is 5.43 Å². The van der Waals surface area contributed by atoms with Crippen LogP contribution in [0.5, 0.6) is 0 Å². The van der Waals surface area contributed by atoms with Crippen molar-refractivity contribution in [3.63, 3.8) is 0 Å². The van der Waals surface area contributed by atoms with E-state index in [2.05, 4.69) is 24.3 Å². The van der Waals surface area contributed by atoms with E-state index in [1.54, 1.807) is 0 Å². The number of nitrogens with zero attached hydrogens (tertiary/aromatic N) is 2. The molecule has 0 aromatic rings. The van der Waals surface area contributed by atoms with Gasteiger partial charge < -0.3 is 5.01 Å². The summed E-state index contributed by atoms with van der Waals surface area (Å²) in [5.41, 5.74) is 2.94. The molecule has 3 heteroatoms. The molecule has 0 aromatic carbocycles. The summed E-state index contributed by atoms with van der Waals surface area (Å²) in [5.74, 6) is 0.743. The molecule has 0 amide bonds. The maximum Gasteiger partial charge on any atom is 0.0989 e. The summed E-state index contributed by atoms with van der Waals surface area (Å²) in [5, 5.41) is 1.83. The Balaban J connectivity index is 3.29. The fourth-order valence-corrected chi connectivity index (χ4v) is 0.571. The van der Waals surface area contributed by atoms with Gasteiger partial charge in [0, 0.05) is 20.6 Å². The van der Waals surface area contributed by atoms with E-state index in [9.17, 15) is 0 Å². The van der Waals surface area contributed by atoms with Crippen molar-refractivity contribution in [1.29, 1.82) is 0 Å². The highest BCUT2D eigenvalue weighted by Gasteiger charge is 1.90. The van der Waals surface area contributed by atoms with E-state index in [0.717, 1.165) is 18.9 Å². The predicted octanol–water partition coefficient (Wildman–Crippen LogP) is 1.13. The monoisotopic (exact) mass is 157 g/mol. The summed E-state index contributed by atoms with van der Waals surface area (Å²) in [6.45, 7) is 5.33. The third-order valence-corrected chi connectivity index (χ3v) is 1.44. The number of hydrazine groups is 1. The number of aliphatic imine (C=N–C) groups is 1. The van der Waals surface area contributed by atoms with Crippen LogP contribution >= 0.6 is 0 Å². The van der Waals surface area contributed by atoms with Crippen LogP contribution in [0.3, 0.4) is 0 Å². The lowest BCUT2D eigenvalue weighted by molar-refractivity contribution is 0.420. The Morgan fingerprint density at radius 2 is 2.18 bits per heavy atom. The van der Waals surface area contributed by atoms with E-state index in [0.29, 0.717) is 0 Å². The van der Waals surface area contributed by atoms with Crippen LogP contribution in [0.1, 0.15) is 20.3 Å². The average Bonchev–Trinajstić information content (AvgIpc) is 1.97. The third-order valence-electron chi connectivity index (χ3n) is 1.44. The standard InChI is InChI=1S/C8H19N3/c1-8(2)5-6-10-7-11(4)9-3/h7-9H,5-6H2,1-4H3/b10-7-. The van der Waals surface area contributed by atoms with Crippen LogP contribution in [-0.2, 0) is 0 Å². The van der Waals surface area contributed by atoms with Gasteiger partial charge in [0.15, 0.2) is 0 Å². The maximum absolute atomic E-state index is 4.22. The molecule has 0 aromatic heterocycles. The molecule has 0 saturated carbocycles. The highest BCUT2D eigenvalue weighted by molar-refractivity contribution is 5.53. The molecule has 0 aliphatic rings. The first kappa shape index (κ1) is 10.4. The molecule has 0 heterocycles. The molecule has 3 nitrogen and oxygen atoms in total. The smallest absolute Gasteiger partial charge is 0.0989 e. The van der Waals surface area contributed by atoms with Gasteiger partial charge in [-0.2, -0.15) is 0 Å². The normalized spacial score (nSPS) is 11.4. The molecule has 0 saturated heterocycles. The van der Waals surface area contributed by atoms with Gasteiger partial charge >= 0.3 is 0 Å². The molecule has 0 aliphatic carbocycles. The fraction of sp³-hybridized carbons (Fsp3) is 0.875. The summed E-state index contributed by atoms with van der Waals surface area (Å²) < 4.78 is 0. The Morgan fingerprint density at radius 3 is 2.64 bits per heavy atom. The van der Waals surface area contributed by atoms with Gasteiger partial charge in [0.25, 0.3) is 0 Å². The van der Waals surface area contributed by atoms with Crippen LogP contribution in [0.15, 0.2) is 4.99 Å². The first-order chi connectivity index (χ1) is 5.16. The Morgan fingerprint density at radius 1 is 1.55 bits per heavy atom. The molecule has 0 spiro atoms. The Kier molecular flexibility index (Phi) is 5.84. The van der Waals surface area contributed by atoms with E-state index in [1.165, 1.54) is 0 Å². The highest BCUT2D eigenvalue weighted by atomic mass is 15.5. The second kappa shape index (κ2) is 6.16.